The Morgan fingerprint density at radius 3 is 2.60 bits per heavy atom. The number of rotatable bonds is 6. The molecule has 2 N–H and O–H groups in total. The third kappa shape index (κ3) is 4.52. The molecule has 30 heavy (non-hydrogen) atoms. The quantitative estimate of drug-likeness (QED) is 0.527. The Bertz CT molecular complexity index is 1060. The van der Waals surface area contributed by atoms with Crippen LogP contribution in [0.25, 0.3) is 10.9 Å². The molecule has 0 unspecified atom stereocenters. The molecule has 0 spiro atoms. The van der Waals surface area contributed by atoms with Crippen molar-refractivity contribution in [3.05, 3.63) is 64.8 Å². The van der Waals surface area contributed by atoms with Crippen LogP contribution >= 0.6 is 28.1 Å². The lowest BCUT2D eigenvalue weighted by atomic mass is 9.96. The molecule has 0 saturated carbocycles. The monoisotopic (exact) mass is 485 g/mol. The average Bonchev–Trinajstić information content (AvgIpc) is 3.11. The van der Waals surface area contributed by atoms with Crippen molar-refractivity contribution < 1.29 is 9.53 Å². The van der Waals surface area contributed by atoms with Crippen LogP contribution in [0.2, 0.25) is 0 Å². The second-order valence-electron chi connectivity index (χ2n) is 7.53. The number of hydrogen-bond acceptors (Lipinski definition) is 3. The van der Waals surface area contributed by atoms with Gasteiger partial charge in [0, 0.05) is 46.1 Å². The molecule has 1 fully saturated rings. The van der Waals surface area contributed by atoms with E-state index in [4.69, 9.17) is 22.7 Å². The Balaban J connectivity index is 1.53. The normalized spacial score (nSPS) is 14.8. The number of aromatic nitrogens is 1. The van der Waals surface area contributed by atoms with Crippen molar-refractivity contribution in [1.29, 1.82) is 0 Å². The molecular weight excluding hydrogens is 462 g/mol. The number of piperidine rings is 1. The van der Waals surface area contributed by atoms with E-state index in [9.17, 15) is 4.79 Å². The number of carbonyl (C=O) groups is 1. The van der Waals surface area contributed by atoms with Gasteiger partial charge < -0.3 is 19.9 Å². The van der Waals surface area contributed by atoms with Gasteiger partial charge in [0.05, 0.1) is 6.54 Å². The summed E-state index contributed by atoms with van der Waals surface area (Å²) in [5.74, 6) is 0.610. The lowest BCUT2D eigenvalue weighted by molar-refractivity contribution is -0.122. The number of ether oxygens (including phenoxy) is 1. The fraction of sp³-hybridized carbons (Fsp3) is 0.304. The lowest BCUT2D eigenvalue weighted by Crippen LogP contribution is -2.41. The molecule has 1 aliphatic heterocycles. The van der Waals surface area contributed by atoms with E-state index in [0.717, 1.165) is 64.2 Å². The van der Waals surface area contributed by atoms with E-state index >= 15 is 0 Å². The van der Waals surface area contributed by atoms with E-state index < -0.39 is 0 Å². The highest BCUT2D eigenvalue weighted by Gasteiger charge is 2.26. The summed E-state index contributed by atoms with van der Waals surface area (Å²) < 4.78 is 9.10. The van der Waals surface area contributed by atoms with Crippen LogP contribution in [0.4, 0.5) is 0 Å². The van der Waals surface area contributed by atoms with E-state index in [0.29, 0.717) is 6.61 Å². The molecule has 4 rings (SSSR count). The number of primary amides is 1. The minimum absolute atomic E-state index is 0.0466. The van der Waals surface area contributed by atoms with Gasteiger partial charge in [-0.25, -0.2) is 0 Å². The van der Waals surface area contributed by atoms with Crippen molar-refractivity contribution in [3.63, 3.8) is 0 Å². The Kier molecular flexibility index (Phi) is 6.39. The zero-order valence-electron chi connectivity index (χ0n) is 16.6. The molecule has 1 amide bonds. The smallest absolute Gasteiger partial charge is 0.220 e. The number of fused-ring (bicyclic) bond motifs is 1. The molecular formula is C23H24BrN3O2S. The molecule has 1 aliphatic rings. The van der Waals surface area contributed by atoms with Crippen LogP contribution in [-0.2, 0) is 11.3 Å². The highest BCUT2D eigenvalue weighted by Crippen LogP contribution is 2.28. The van der Waals surface area contributed by atoms with Crippen LogP contribution in [0.3, 0.4) is 0 Å². The summed E-state index contributed by atoms with van der Waals surface area (Å²) in [6, 6.07) is 16.1. The largest absolute Gasteiger partial charge is 0.492 e. The lowest BCUT2D eigenvalue weighted by Gasteiger charge is -2.32. The number of hydrogen-bond donors (Lipinski definition) is 1. The summed E-state index contributed by atoms with van der Waals surface area (Å²) in [6.07, 6.45) is 3.62. The Morgan fingerprint density at radius 1 is 1.17 bits per heavy atom. The molecule has 2 aromatic carbocycles. The van der Waals surface area contributed by atoms with Gasteiger partial charge in [0.25, 0.3) is 0 Å². The fourth-order valence-corrected chi connectivity index (χ4v) is 4.65. The Hall–Kier alpha value is -2.38. The minimum Gasteiger partial charge on any atom is -0.492 e. The second-order valence-corrected chi connectivity index (χ2v) is 8.83. The molecule has 7 heteroatoms. The van der Waals surface area contributed by atoms with E-state index in [1.807, 2.05) is 36.4 Å². The van der Waals surface area contributed by atoms with Crippen LogP contribution in [0.15, 0.2) is 59.2 Å². The topological polar surface area (TPSA) is 60.5 Å². The van der Waals surface area contributed by atoms with Crippen LogP contribution in [-0.4, -0.2) is 40.1 Å². The summed E-state index contributed by atoms with van der Waals surface area (Å²) in [7, 11) is 0. The molecule has 0 atom stereocenters. The van der Waals surface area contributed by atoms with Gasteiger partial charge in [-0.1, -0.05) is 46.3 Å². The van der Waals surface area contributed by atoms with Crippen molar-refractivity contribution in [1.82, 2.24) is 9.47 Å². The summed E-state index contributed by atoms with van der Waals surface area (Å²) in [4.78, 5) is 14.5. The van der Waals surface area contributed by atoms with E-state index in [1.54, 1.807) is 0 Å². The molecule has 5 nitrogen and oxygen atoms in total. The van der Waals surface area contributed by atoms with Gasteiger partial charge in [0.2, 0.25) is 5.91 Å². The first-order valence-corrected chi connectivity index (χ1v) is 11.3. The first-order valence-electron chi connectivity index (χ1n) is 10.1. The second kappa shape index (κ2) is 9.18. The zero-order chi connectivity index (χ0) is 21.1. The van der Waals surface area contributed by atoms with Gasteiger partial charge in [-0.3, -0.25) is 4.79 Å². The number of likely N-dealkylation sites (tertiary alicyclic amines) is 1. The Labute approximate surface area is 189 Å². The third-order valence-electron chi connectivity index (χ3n) is 5.60. The third-order valence-corrected chi connectivity index (χ3v) is 6.57. The number of nitrogens with zero attached hydrogens (tertiary/aromatic N) is 2. The van der Waals surface area contributed by atoms with E-state index in [-0.39, 0.29) is 11.8 Å². The molecule has 1 saturated heterocycles. The standard InChI is InChI=1S/C23H24BrN3O2S/c24-17-6-7-21-19(14-17)20(23(30)26-10-8-16(9-11-26)22(25)28)15-27(21)12-13-29-18-4-2-1-3-5-18/h1-7,14-16H,8-13H2,(H2,25,28). The van der Waals surface area contributed by atoms with Crippen molar-refractivity contribution in [3.8, 4) is 5.75 Å². The summed E-state index contributed by atoms with van der Waals surface area (Å²) >= 11 is 9.45. The predicted molar refractivity (Wildman–Crippen MR) is 127 cm³/mol. The number of halogens is 1. The maximum absolute atomic E-state index is 11.5. The number of carbonyl (C=O) groups excluding carboxylic acids is 1. The fourth-order valence-electron chi connectivity index (χ4n) is 3.94. The number of thiocarbonyl (C=S) groups is 1. The van der Waals surface area contributed by atoms with Gasteiger partial charge in [-0.05, 0) is 43.2 Å². The van der Waals surface area contributed by atoms with Gasteiger partial charge in [-0.15, -0.1) is 0 Å². The molecule has 0 aliphatic carbocycles. The molecule has 156 valence electrons. The van der Waals surface area contributed by atoms with Crippen LogP contribution in [0, 0.1) is 5.92 Å². The molecule has 3 aromatic rings. The predicted octanol–water partition coefficient (Wildman–Crippen LogP) is 4.36. The highest BCUT2D eigenvalue weighted by molar-refractivity contribution is 9.10. The maximum atomic E-state index is 11.5. The number of amides is 1. The van der Waals surface area contributed by atoms with Crippen molar-refractivity contribution in [2.45, 2.75) is 19.4 Å². The van der Waals surface area contributed by atoms with Crippen molar-refractivity contribution in [2.75, 3.05) is 19.7 Å². The summed E-state index contributed by atoms with van der Waals surface area (Å²) in [5, 5.41) is 1.12. The summed E-state index contributed by atoms with van der Waals surface area (Å²) in [5.41, 5.74) is 7.64. The maximum Gasteiger partial charge on any atom is 0.220 e. The van der Waals surface area contributed by atoms with Gasteiger partial charge in [0.1, 0.15) is 17.3 Å². The molecule has 0 radical (unpaired) electrons. The van der Waals surface area contributed by atoms with Gasteiger partial charge in [-0.2, -0.15) is 0 Å². The number of para-hydroxylation sites is 1. The average molecular weight is 486 g/mol. The first kappa shape index (κ1) is 20.9. The first-order chi connectivity index (χ1) is 14.5. The summed E-state index contributed by atoms with van der Waals surface area (Å²) in [6.45, 7) is 2.80. The Morgan fingerprint density at radius 2 is 1.90 bits per heavy atom. The SMILES string of the molecule is NC(=O)C1CCN(C(=S)c2cn(CCOc3ccccc3)c3ccc(Br)cc23)CC1. The van der Waals surface area contributed by atoms with Gasteiger partial charge in [0.15, 0.2) is 0 Å². The molecule has 1 aromatic heterocycles. The van der Waals surface area contributed by atoms with Crippen LogP contribution in [0.1, 0.15) is 18.4 Å². The van der Waals surface area contributed by atoms with Crippen molar-refractivity contribution >= 4 is 49.9 Å². The van der Waals surface area contributed by atoms with Crippen LogP contribution in [0.5, 0.6) is 5.75 Å². The van der Waals surface area contributed by atoms with Gasteiger partial charge >= 0.3 is 0 Å². The number of nitrogens with two attached hydrogens (primary N) is 1. The zero-order valence-corrected chi connectivity index (χ0v) is 19.0. The van der Waals surface area contributed by atoms with Crippen molar-refractivity contribution in [2.24, 2.45) is 11.7 Å². The molecule has 0 bridgehead atoms. The van der Waals surface area contributed by atoms with Crippen LogP contribution < -0.4 is 10.5 Å². The highest BCUT2D eigenvalue weighted by atomic mass is 79.9. The van der Waals surface area contributed by atoms with E-state index in [1.165, 1.54) is 0 Å². The van der Waals surface area contributed by atoms with E-state index in [2.05, 4.69) is 43.7 Å². The molecule has 2 heterocycles. The number of benzene rings is 2. The minimum atomic E-state index is -0.209.